The van der Waals surface area contributed by atoms with E-state index in [9.17, 15) is 22.8 Å². The first-order valence-corrected chi connectivity index (χ1v) is 14.6. The predicted molar refractivity (Wildman–Crippen MR) is 154 cm³/mol. The average Bonchev–Trinajstić information content (AvgIpc) is 3.71. The topological polar surface area (TPSA) is 129 Å². The van der Waals surface area contributed by atoms with Crippen molar-refractivity contribution < 1.29 is 26.7 Å². The zero-order chi connectivity index (χ0) is 30.7. The second kappa shape index (κ2) is 10.6. The lowest BCUT2D eigenvalue weighted by Crippen LogP contribution is -2.51. The van der Waals surface area contributed by atoms with Crippen molar-refractivity contribution in [2.75, 3.05) is 30.3 Å². The van der Waals surface area contributed by atoms with Crippen LogP contribution in [-0.2, 0) is 12.6 Å². The molecule has 5 aromatic rings. The Morgan fingerprint density at radius 2 is 1.93 bits per heavy atom. The van der Waals surface area contributed by atoms with Gasteiger partial charge in [0.2, 0.25) is 0 Å². The predicted octanol–water partition coefficient (Wildman–Crippen LogP) is 5.55. The van der Waals surface area contributed by atoms with Crippen molar-refractivity contribution in [1.82, 2.24) is 25.5 Å². The van der Waals surface area contributed by atoms with Crippen LogP contribution in [0.15, 0.2) is 30.6 Å². The van der Waals surface area contributed by atoms with Gasteiger partial charge in [-0.15, -0.1) is 11.3 Å². The fourth-order valence-corrected chi connectivity index (χ4v) is 7.09. The summed E-state index contributed by atoms with van der Waals surface area (Å²) in [7, 11) is 0. The minimum atomic E-state index is -5.03. The van der Waals surface area contributed by atoms with Crippen molar-refractivity contribution in [3.05, 3.63) is 58.9 Å². The Labute approximate surface area is 250 Å². The summed E-state index contributed by atoms with van der Waals surface area (Å²) >= 11 is 0.711. The maximum absolute atomic E-state index is 16.8. The van der Waals surface area contributed by atoms with Crippen LogP contribution in [-0.4, -0.2) is 51.9 Å². The Bertz CT molecular complexity index is 1940. The Kier molecular flexibility index (Phi) is 6.78. The number of rotatable bonds is 6. The number of nitrogens with two attached hydrogens (primary N) is 1. The first kappa shape index (κ1) is 28.2. The van der Waals surface area contributed by atoms with Crippen molar-refractivity contribution in [2.45, 2.75) is 37.5 Å². The summed E-state index contributed by atoms with van der Waals surface area (Å²) in [4.78, 5) is 10.6. The minimum absolute atomic E-state index is 0.0881. The van der Waals surface area contributed by atoms with Crippen LogP contribution in [0.1, 0.15) is 29.5 Å². The highest BCUT2D eigenvalue weighted by Gasteiger charge is 2.39. The molecular formula is C29H23F5N8OS. The summed E-state index contributed by atoms with van der Waals surface area (Å²) in [6, 6.07) is 4.64. The van der Waals surface area contributed by atoms with E-state index in [-0.39, 0.29) is 67.6 Å². The number of nitrogens with one attached hydrogen (secondary N) is 2. The van der Waals surface area contributed by atoms with Gasteiger partial charge in [0.25, 0.3) is 0 Å². The van der Waals surface area contributed by atoms with E-state index in [2.05, 4.69) is 25.5 Å². The third-order valence-corrected chi connectivity index (χ3v) is 9.12. The molecule has 2 aromatic carbocycles. The molecule has 226 valence electrons. The molecule has 2 saturated heterocycles. The van der Waals surface area contributed by atoms with Crippen molar-refractivity contribution in [1.29, 1.82) is 5.26 Å². The number of nitrogen functional groups attached to an aromatic ring is 1. The van der Waals surface area contributed by atoms with Gasteiger partial charge in [-0.25, -0.2) is 8.78 Å². The lowest BCUT2D eigenvalue weighted by atomic mass is 9.92. The summed E-state index contributed by atoms with van der Waals surface area (Å²) < 4.78 is 81.5. The Balaban J connectivity index is 1.46. The number of alkyl halides is 3. The number of H-pyrrole nitrogens is 1. The monoisotopic (exact) mass is 626 g/mol. The molecule has 2 aliphatic heterocycles. The second-order valence-corrected chi connectivity index (χ2v) is 11.9. The standard InChI is InChI=1S/C29H23F5N8OS/c30-20-4-3-16(21-18(8-35)26(36)44-25(20)21)22-19(29(32,33)34)7-17-24(23(22)31)40-28(43-6-5-13-9-37-38-10-13)41-27(17)42-11-14-1-2-15(12-42)39-14/h3-4,7,9-10,14-15,39H,1-2,5-6,11-12,36H2,(H,37,38). The summed E-state index contributed by atoms with van der Waals surface area (Å²) in [5, 5.41) is 19.4. The lowest BCUT2D eigenvalue weighted by molar-refractivity contribution is -0.137. The molecule has 2 aliphatic rings. The number of hydrogen-bond acceptors (Lipinski definition) is 9. The van der Waals surface area contributed by atoms with Gasteiger partial charge in [0.15, 0.2) is 5.82 Å². The van der Waals surface area contributed by atoms with Gasteiger partial charge in [-0.1, -0.05) is 6.07 Å². The molecule has 0 spiro atoms. The number of aromatic amines is 1. The van der Waals surface area contributed by atoms with Crippen LogP contribution in [0.3, 0.4) is 0 Å². The molecular weight excluding hydrogens is 603 g/mol. The van der Waals surface area contributed by atoms with Crippen LogP contribution in [0.2, 0.25) is 0 Å². The molecule has 5 heterocycles. The number of nitriles is 1. The molecule has 7 rings (SSSR count). The first-order chi connectivity index (χ1) is 21.1. The fraction of sp³-hybridized carbons (Fsp3) is 0.310. The minimum Gasteiger partial charge on any atom is -0.463 e. The number of thiophene rings is 1. The largest absolute Gasteiger partial charge is 0.463 e. The van der Waals surface area contributed by atoms with Gasteiger partial charge < -0.3 is 20.7 Å². The Hall–Kier alpha value is -4.55. The molecule has 44 heavy (non-hydrogen) atoms. The van der Waals surface area contributed by atoms with Gasteiger partial charge in [-0.3, -0.25) is 5.10 Å². The number of anilines is 2. The van der Waals surface area contributed by atoms with Crippen LogP contribution in [0, 0.1) is 23.0 Å². The number of piperazine rings is 1. The van der Waals surface area contributed by atoms with Crippen LogP contribution in [0.25, 0.3) is 32.1 Å². The molecule has 2 fully saturated rings. The van der Waals surface area contributed by atoms with Gasteiger partial charge in [-0.2, -0.15) is 33.5 Å². The maximum Gasteiger partial charge on any atom is 0.417 e. The molecule has 4 N–H and O–H groups in total. The normalized spacial score (nSPS) is 18.3. The number of hydrogen-bond donors (Lipinski definition) is 3. The molecule has 3 aromatic heterocycles. The highest BCUT2D eigenvalue weighted by molar-refractivity contribution is 7.23. The number of halogens is 5. The van der Waals surface area contributed by atoms with Crippen LogP contribution in [0.4, 0.5) is 32.8 Å². The van der Waals surface area contributed by atoms with Gasteiger partial charge >= 0.3 is 12.2 Å². The van der Waals surface area contributed by atoms with E-state index in [4.69, 9.17) is 10.5 Å². The molecule has 0 amide bonds. The second-order valence-electron chi connectivity index (χ2n) is 10.8. The third kappa shape index (κ3) is 4.74. The molecule has 9 nitrogen and oxygen atoms in total. The molecule has 15 heteroatoms. The van der Waals surface area contributed by atoms with E-state index < -0.39 is 28.9 Å². The number of benzene rings is 2. The van der Waals surface area contributed by atoms with Crippen molar-refractivity contribution >= 4 is 43.1 Å². The molecule has 2 bridgehead atoms. The highest BCUT2D eigenvalue weighted by Crippen LogP contribution is 2.48. The van der Waals surface area contributed by atoms with E-state index >= 15 is 4.39 Å². The zero-order valence-corrected chi connectivity index (χ0v) is 23.6. The number of nitrogens with zero attached hydrogens (tertiary/aromatic N) is 5. The number of fused-ring (bicyclic) bond motifs is 4. The molecule has 0 saturated carbocycles. The quantitative estimate of drug-likeness (QED) is 0.210. The van der Waals surface area contributed by atoms with E-state index in [1.165, 1.54) is 0 Å². The van der Waals surface area contributed by atoms with E-state index in [1.54, 1.807) is 12.4 Å². The first-order valence-electron chi connectivity index (χ1n) is 13.8. The van der Waals surface area contributed by atoms with Crippen LogP contribution < -0.4 is 20.7 Å². The van der Waals surface area contributed by atoms with Gasteiger partial charge in [-0.05, 0) is 36.1 Å². The van der Waals surface area contributed by atoms with Crippen LogP contribution >= 0.6 is 11.3 Å². The van der Waals surface area contributed by atoms with Crippen molar-refractivity contribution in [2.24, 2.45) is 0 Å². The van der Waals surface area contributed by atoms with Gasteiger partial charge in [0.05, 0.1) is 28.6 Å². The molecule has 2 unspecified atom stereocenters. The van der Waals surface area contributed by atoms with E-state index in [0.29, 0.717) is 30.8 Å². The number of aromatic nitrogens is 4. The summed E-state index contributed by atoms with van der Waals surface area (Å²) in [5.41, 5.74) is 3.67. The van der Waals surface area contributed by atoms with Crippen molar-refractivity contribution in [3.63, 3.8) is 0 Å². The lowest BCUT2D eigenvalue weighted by Gasteiger charge is -2.34. The SMILES string of the molecule is N#Cc1c(N)sc2c(F)ccc(-c3c(C(F)(F)F)cc4c(N5CC6CCC(C5)N6)nc(OCCc5cn[nH]c5)nc4c3F)c12. The van der Waals surface area contributed by atoms with Crippen molar-refractivity contribution in [3.8, 4) is 23.2 Å². The van der Waals surface area contributed by atoms with Gasteiger partial charge in [0.1, 0.15) is 28.2 Å². The van der Waals surface area contributed by atoms with Gasteiger partial charge in [0, 0.05) is 54.1 Å². The smallest absolute Gasteiger partial charge is 0.417 e. The van der Waals surface area contributed by atoms with Crippen LogP contribution in [0.5, 0.6) is 6.01 Å². The summed E-state index contributed by atoms with van der Waals surface area (Å²) in [5.74, 6) is -1.95. The molecule has 2 atom stereocenters. The maximum atomic E-state index is 16.8. The fourth-order valence-electron chi connectivity index (χ4n) is 6.14. The average molecular weight is 627 g/mol. The molecule has 0 radical (unpaired) electrons. The highest BCUT2D eigenvalue weighted by atomic mass is 32.1. The van der Waals surface area contributed by atoms with E-state index in [1.807, 2.05) is 11.0 Å². The zero-order valence-electron chi connectivity index (χ0n) is 22.8. The number of ether oxygens (including phenoxy) is 1. The summed E-state index contributed by atoms with van der Waals surface area (Å²) in [6.45, 7) is 1.02. The molecule has 0 aliphatic carbocycles. The Morgan fingerprint density at radius 3 is 2.61 bits per heavy atom. The summed E-state index contributed by atoms with van der Waals surface area (Å²) in [6.07, 6.45) is 0.502. The third-order valence-electron chi connectivity index (χ3n) is 8.09. The Morgan fingerprint density at radius 1 is 1.16 bits per heavy atom. The van der Waals surface area contributed by atoms with E-state index in [0.717, 1.165) is 36.6 Å².